The smallest absolute Gasteiger partial charge is 0.416 e. The normalized spacial score (nSPS) is 14.1. The van der Waals surface area contributed by atoms with E-state index in [1.165, 1.54) is 18.2 Å². The highest BCUT2D eigenvalue weighted by atomic mass is 19.4. The monoisotopic (exact) mass is 474 g/mol. The molecular weight excluding hydrogens is 453 g/mol. The molecule has 1 aliphatic rings. The van der Waals surface area contributed by atoms with Crippen molar-refractivity contribution < 1.29 is 37.3 Å². The van der Waals surface area contributed by atoms with Gasteiger partial charge in [0.1, 0.15) is 11.3 Å². The van der Waals surface area contributed by atoms with E-state index in [2.05, 4.69) is 5.32 Å². The number of alkyl halides is 3. The van der Waals surface area contributed by atoms with Crippen molar-refractivity contribution in [2.24, 2.45) is 0 Å². The number of nitrogens with one attached hydrogen (secondary N) is 1. The molecule has 3 aromatic carbocycles. The highest BCUT2D eigenvalue weighted by molar-refractivity contribution is 6.01. The maximum atomic E-state index is 13.2. The van der Waals surface area contributed by atoms with Crippen LogP contribution in [0.4, 0.5) is 24.5 Å². The number of hydrogen-bond acceptors (Lipinski definition) is 6. The summed E-state index contributed by atoms with van der Waals surface area (Å²) < 4.78 is 50.0. The maximum absolute atomic E-state index is 13.2. The number of nitrogens with zero attached hydrogens (tertiary/aromatic N) is 1. The third-order valence-electron chi connectivity index (χ3n) is 5.37. The van der Waals surface area contributed by atoms with E-state index in [0.717, 1.165) is 17.5 Å². The summed E-state index contributed by atoms with van der Waals surface area (Å²) in [4.78, 5) is 26.7. The molecule has 1 fully saturated rings. The summed E-state index contributed by atoms with van der Waals surface area (Å²) in [6.45, 7) is 0.960. The van der Waals surface area contributed by atoms with Crippen LogP contribution < -0.4 is 10.2 Å². The zero-order chi connectivity index (χ0) is 24.3. The Morgan fingerprint density at radius 2 is 1.71 bits per heavy atom. The SMILES string of the molecule is O=C(COC(=O)c1cc2ccccc2cc1O)Nc1cc(C(F)(F)F)ccc1N1CCOCC1. The van der Waals surface area contributed by atoms with Crippen molar-refractivity contribution in [1.82, 2.24) is 0 Å². The molecule has 10 heteroatoms. The number of ether oxygens (including phenoxy) is 2. The molecule has 7 nitrogen and oxygen atoms in total. The van der Waals surface area contributed by atoms with Crippen molar-refractivity contribution in [3.63, 3.8) is 0 Å². The summed E-state index contributed by atoms with van der Waals surface area (Å²) in [5.41, 5.74) is -0.688. The second-order valence-corrected chi connectivity index (χ2v) is 7.67. The molecule has 34 heavy (non-hydrogen) atoms. The number of benzene rings is 3. The molecule has 4 rings (SSSR count). The first-order valence-electron chi connectivity index (χ1n) is 10.4. The Labute approximate surface area is 192 Å². The molecule has 0 aromatic heterocycles. The number of fused-ring (bicyclic) bond motifs is 1. The third-order valence-corrected chi connectivity index (χ3v) is 5.37. The molecule has 0 saturated carbocycles. The molecule has 0 spiro atoms. The van der Waals surface area contributed by atoms with Crippen molar-refractivity contribution in [1.29, 1.82) is 0 Å². The minimum atomic E-state index is -4.59. The summed E-state index contributed by atoms with van der Waals surface area (Å²) in [7, 11) is 0. The first kappa shape index (κ1) is 23.4. The lowest BCUT2D eigenvalue weighted by molar-refractivity contribution is -0.137. The Hall–Kier alpha value is -3.79. The summed E-state index contributed by atoms with van der Waals surface area (Å²) in [5, 5.41) is 14.0. The lowest BCUT2D eigenvalue weighted by Crippen LogP contribution is -2.37. The van der Waals surface area contributed by atoms with Crippen molar-refractivity contribution in [2.45, 2.75) is 6.18 Å². The van der Waals surface area contributed by atoms with Crippen molar-refractivity contribution in [3.8, 4) is 5.75 Å². The van der Waals surface area contributed by atoms with Crippen LogP contribution in [0.2, 0.25) is 0 Å². The highest BCUT2D eigenvalue weighted by Gasteiger charge is 2.32. The number of amides is 1. The number of anilines is 2. The summed E-state index contributed by atoms with van der Waals surface area (Å²) in [6, 6.07) is 13.0. The van der Waals surface area contributed by atoms with Crippen molar-refractivity contribution in [2.75, 3.05) is 43.1 Å². The molecule has 2 N–H and O–H groups in total. The second-order valence-electron chi connectivity index (χ2n) is 7.67. The van der Waals surface area contributed by atoms with E-state index in [0.29, 0.717) is 37.4 Å². The molecule has 3 aromatic rings. The van der Waals surface area contributed by atoms with Crippen LogP contribution in [0.5, 0.6) is 5.75 Å². The van der Waals surface area contributed by atoms with Crippen LogP contribution in [0.3, 0.4) is 0 Å². The summed E-state index contributed by atoms with van der Waals surface area (Å²) >= 11 is 0. The van der Waals surface area contributed by atoms with E-state index in [-0.39, 0.29) is 17.0 Å². The Morgan fingerprint density at radius 1 is 1.03 bits per heavy atom. The largest absolute Gasteiger partial charge is 0.507 e. The Bertz CT molecular complexity index is 1220. The number of carbonyl (C=O) groups excluding carboxylic acids is 2. The number of hydrogen-bond donors (Lipinski definition) is 2. The van der Waals surface area contributed by atoms with Crippen LogP contribution in [0.1, 0.15) is 15.9 Å². The van der Waals surface area contributed by atoms with Crippen LogP contribution in [0, 0.1) is 0 Å². The fraction of sp³-hybridized carbons (Fsp3) is 0.250. The van der Waals surface area contributed by atoms with Crippen LogP contribution in [-0.4, -0.2) is 49.9 Å². The molecule has 178 valence electrons. The van der Waals surface area contributed by atoms with Gasteiger partial charge in [0, 0.05) is 13.1 Å². The van der Waals surface area contributed by atoms with Gasteiger partial charge in [-0.15, -0.1) is 0 Å². The number of phenols is 1. The Kier molecular flexibility index (Phi) is 6.60. The van der Waals surface area contributed by atoms with Gasteiger partial charge in [-0.2, -0.15) is 13.2 Å². The molecule has 1 heterocycles. The number of aromatic hydroxyl groups is 1. The molecule has 0 atom stereocenters. The van der Waals surface area contributed by atoms with Gasteiger partial charge in [-0.25, -0.2) is 4.79 Å². The number of rotatable bonds is 5. The molecule has 0 bridgehead atoms. The zero-order valence-electron chi connectivity index (χ0n) is 17.9. The van der Waals surface area contributed by atoms with Gasteiger partial charge < -0.3 is 24.8 Å². The van der Waals surface area contributed by atoms with Gasteiger partial charge in [0.2, 0.25) is 0 Å². The minimum Gasteiger partial charge on any atom is -0.507 e. The Morgan fingerprint density at radius 3 is 2.38 bits per heavy atom. The summed E-state index contributed by atoms with van der Waals surface area (Å²) in [6.07, 6.45) is -4.59. The molecule has 0 unspecified atom stereocenters. The molecule has 0 radical (unpaired) electrons. The predicted molar refractivity (Wildman–Crippen MR) is 119 cm³/mol. The van der Waals surface area contributed by atoms with E-state index >= 15 is 0 Å². The number of morpholine rings is 1. The zero-order valence-corrected chi connectivity index (χ0v) is 17.9. The fourth-order valence-corrected chi connectivity index (χ4v) is 3.68. The van der Waals surface area contributed by atoms with Crippen molar-refractivity contribution in [3.05, 3.63) is 65.7 Å². The molecule has 0 aliphatic carbocycles. The average molecular weight is 474 g/mol. The van der Waals surface area contributed by atoms with Gasteiger partial charge in [-0.05, 0) is 41.1 Å². The van der Waals surface area contributed by atoms with Crippen molar-refractivity contribution >= 4 is 34.0 Å². The van der Waals surface area contributed by atoms with E-state index in [9.17, 15) is 27.9 Å². The number of phenolic OH excluding ortho intramolecular Hbond substituents is 1. The van der Waals surface area contributed by atoms with E-state index < -0.39 is 30.2 Å². The predicted octanol–water partition coefficient (Wildman–Crippen LogP) is 4.20. The number of carbonyl (C=O) groups is 2. The molecular formula is C24H21F3N2O5. The molecule has 1 amide bonds. The third kappa shape index (κ3) is 5.23. The summed E-state index contributed by atoms with van der Waals surface area (Å²) in [5.74, 6) is -2.06. The quantitative estimate of drug-likeness (QED) is 0.539. The average Bonchev–Trinajstić information content (AvgIpc) is 2.82. The van der Waals surface area contributed by atoms with Crippen LogP contribution in [0.15, 0.2) is 54.6 Å². The first-order valence-corrected chi connectivity index (χ1v) is 10.4. The highest BCUT2D eigenvalue weighted by Crippen LogP contribution is 2.36. The Balaban J connectivity index is 1.49. The first-order chi connectivity index (χ1) is 16.2. The van der Waals surface area contributed by atoms with Crippen LogP contribution in [0.25, 0.3) is 10.8 Å². The van der Waals surface area contributed by atoms with Crippen LogP contribution >= 0.6 is 0 Å². The second kappa shape index (κ2) is 9.60. The lowest BCUT2D eigenvalue weighted by atomic mass is 10.1. The molecule has 1 saturated heterocycles. The minimum absolute atomic E-state index is 0.0497. The van der Waals surface area contributed by atoms with Gasteiger partial charge in [0.25, 0.3) is 5.91 Å². The van der Waals surface area contributed by atoms with Gasteiger partial charge >= 0.3 is 12.1 Å². The van der Waals surface area contributed by atoms with E-state index in [1.807, 2.05) is 0 Å². The van der Waals surface area contributed by atoms with Gasteiger partial charge in [-0.3, -0.25) is 4.79 Å². The van der Waals surface area contributed by atoms with Crippen LogP contribution in [-0.2, 0) is 20.4 Å². The molecule has 1 aliphatic heterocycles. The fourth-order valence-electron chi connectivity index (χ4n) is 3.68. The van der Waals surface area contributed by atoms with E-state index in [1.54, 1.807) is 29.2 Å². The number of esters is 1. The van der Waals surface area contributed by atoms with Gasteiger partial charge in [0.05, 0.1) is 30.2 Å². The van der Waals surface area contributed by atoms with Gasteiger partial charge in [0.15, 0.2) is 6.61 Å². The van der Waals surface area contributed by atoms with E-state index in [4.69, 9.17) is 9.47 Å². The van der Waals surface area contributed by atoms with Gasteiger partial charge in [-0.1, -0.05) is 24.3 Å². The standard InChI is InChI=1S/C24H21F3N2O5/c25-24(26,27)17-5-6-20(29-7-9-33-10-8-29)19(13-17)28-22(31)14-34-23(32)18-11-15-3-1-2-4-16(15)12-21(18)30/h1-6,11-13,30H,7-10,14H2,(H,28,31). The number of halogens is 3. The lowest BCUT2D eigenvalue weighted by Gasteiger charge is -2.31. The topological polar surface area (TPSA) is 88.1 Å². The maximum Gasteiger partial charge on any atom is 0.416 e.